The number of nitrogens with zero attached hydrogens (tertiary/aromatic N) is 4. The molecule has 0 aliphatic carbocycles. The van der Waals surface area contributed by atoms with Crippen molar-refractivity contribution in [1.82, 2.24) is 14.8 Å². The van der Waals surface area contributed by atoms with Gasteiger partial charge in [-0.05, 0) is 37.6 Å². The quantitative estimate of drug-likeness (QED) is 0.908. The largest absolute Gasteiger partial charge is 0.438 e. The van der Waals surface area contributed by atoms with Crippen molar-refractivity contribution in [2.45, 2.75) is 38.7 Å². The number of aryl methyl sites for hydroxylation is 2. The van der Waals surface area contributed by atoms with Gasteiger partial charge in [0.25, 0.3) is 11.6 Å². The third-order valence-corrected chi connectivity index (χ3v) is 4.18. The summed E-state index contributed by atoms with van der Waals surface area (Å²) in [5.41, 5.74) is -0.854. The Labute approximate surface area is 147 Å². The lowest BCUT2D eigenvalue weighted by Crippen LogP contribution is -2.56. The van der Waals surface area contributed by atoms with Gasteiger partial charge in [0.2, 0.25) is 0 Å². The zero-order valence-electron chi connectivity index (χ0n) is 14.2. The molecule has 9 heteroatoms. The first-order chi connectivity index (χ1) is 12.1. The zero-order chi connectivity index (χ0) is 19.1. The Morgan fingerprint density at radius 1 is 1.31 bits per heavy atom. The van der Waals surface area contributed by atoms with E-state index in [4.69, 9.17) is 0 Å². The van der Waals surface area contributed by atoms with Crippen LogP contribution >= 0.6 is 0 Å². The number of aliphatic hydroxyl groups is 1. The number of amides is 1. The van der Waals surface area contributed by atoms with Crippen LogP contribution in [-0.2, 0) is 6.54 Å². The standard InChI is InChI=1S/C17H17F3N4O2/c1-11-8-12(2)23(22-11)10-13-4-3-5-14(9-13)15(25)24-16(26,6-7-21-24)17(18,19)20/h3-5,7-9,26H,6,10H2,1-2H3/t16-/m1/s1. The number of hydrogen-bond acceptors (Lipinski definition) is 4. The first-order valence-corrected chi connectivity index (χ1v) is 7.88. The van der Waals surface area contributed by atoms with E-state index in [-0.39, 0.29) is 10.6 Å². The lowest BCUT2D eigenvalue weighted by molar-refractivity contribution is -0.297. The van der Waals surface area contributed by atoms with Gasteiger partial charge in [-0.25, -0.2) is 0 Å². The molecule has 1 aliphatic rings. The summed E-state index contributed by atoms with van der Waals surface area (Å²) in [6.45, 7) is 4.11. The van der Waals surface area contributed by atoms with Crippen LogP contribution in [0.3, 0.4) is 0 Å². The summed E-state index contributed by atoms with van der Waals surface area (Å²) in [4.78, 5) is 12.5. The molecule has 1 amide bonds. The van der Waals surface area contributed by atoms with Gasteiger partial charge in [0.05, 0.1) is 12.2 Å². The Kier molecular flexibility index (Phi) is 4.35. The molecule has 0 saturated carbocycles. The molecule has 1 aromatic heterocycles. The van der Waals surface area contributed by atoms with E-state index >= 15 is 0 Å². The van der Waals surface area contributed by atoms with Crippen LogP contribution in [0.25, 0.3) is 0 Å². The predicted molar refractivity (Wildman–Crippen MR) is 87.5 cm³/mol. The molecule has 2 aromatic rings. The van der Waals surface area contributed by atoms with Gasteiger partial charge in [0.15, 0.2) is 0 Å². The van der Waals surface area contributed by atoms with Crippen molar-refractivity contribution >= 4 is 12.1 Å². The van der Waals surface area contributed by atoms with Crippen molar-refractivity contribution in [2.75, 3.05) is 0 Å². The van der Waals surface area contributed by atoms with Crippen LogP contribution in [0, 0.1) is 13.8 Å². The highest BCUT2D eigenvalue weighted by atomic mass is 19.4. The Hall–Kier alpha value is -2.68. The minimum atomic E-state index is -5.01. The van der Waals surface area contributed by atoms with Crippen LogP contribution in [0.1, 0.15) is 33.7 Å². The maximum Gasteiger partial charge on any atom is 0.438 e. The minimum absolute atomic E-state index is 0.00533. The first-order valence-electron chi connectivity index (χ1n) is 7.88. The van der Waals surface area contributed by atoms with E-state index in [9.17, 15) is 23.1 Å². The summed E-state index contributed by atoms with van der Waals surface area (Å²) in [6.07, 6.45) is -4.93. The number of benzene rings is 1. The molecule has 0 bridgehead atoms. The molecular weight excluding hydrogens is 349 g/mol. The molecule has 0 spiro atoms. The van der Waals surface area contributed by atoms with Gasteiger partial charge in [-0.1, -0.05) is 12.1 Å². The lowest BCUT2D eigenvalue weighted by Gasteiger charge is -2.32. The maximum absolute atomic E-state index is 13.1. The second-order valence-electron chi connectivity index (χ2n) is 6.22. The fourth-order valence-corrected chi connectivity index (χ4v) is 2.82. The molecule has 0 saturated heterocycles. The van der Waals surface area contributed by atoms with Crippen LogP contribution in [-0.4, -0.2) is 43.9 Å². The average molecular weight is 366 g/mol. The molecule has 0 fully saturated rings. The van der Waals surface area contributed by atoms with E-state index in [0.717, 1.165) is 17.6 Å². The van der Waals surface area contributed by atoms with E-state index in [1.165, 1.54) is 12.1 Å². The van der Waals surface area contributed by atoms with Crippen molar-refractivity contribution < 1.29 is 23.1 Å². The van der Waals surface area contributed by atoms with Crippen molar-refractivity contribution in [3.63, 3.8) is 0 Å². The number of carbonyl (C=O) groups is 1. The predicted octanol–water partition coefficient (Wildman–Crippen LogP) is 2.63. The summed E-state index contributed by atoms with van der Waals surface area (Å²) in [5, 5.41) is 17.8. The summed E-state index contributed by atoms with van der Waals surface area (Å²) >= 11 is 0. The van der Waals surface area contributed by atoms with Crippen molar-refractivity contribution in [1.29, 1.82) is 0 Å². The average Bonchev–Trinajstić information content (AvgIpc) is 3.10. The molecule has 6 nitrogen and oxygen atoms in total. The normalized spacial score (nSPS) is 20.0. The van der Waals surface area contributed by atoms with Gasteiger partial charge in [0.1, 0.15) is 0 Å². The van der Waals surface area contributed by atoms with E-state index < -0.39 is 24.2 Å². The zero-order valence-corrected chi connectivity index (χ0v) is 14.2. The third-order valence-electron chi connectivity index (χ3n) is 4.18. The highest BCUT2D eigenvalue weighted by molar-refractivity contribution is 5.96. The summed E-state index contributed by atoms with van der Waals surface area (Å²) in [7, 11) is 0. The SMILES string of the molecule is Cc1cc(C)n(Cc2cccc(C(=O)N3N=CC[C@@]3(O)C(F)(F)F)c2)n1. The van der Waals surface area contributed by atoms with Gasteiger partial charge in [-0.2, -0.15) is 28.4 Å². The highest BCUT2D eigenvalue weighted by Crippen LogP contribution is 2.39. The Balaban J connectivity index is 1.87. The maximum atomic E-state index is 13.1. The van der Waals surface area contributed by atoms with Crippen LogP contribution < -0.4 is 0 Å². The molecule has 1 aliphatic heterocycles. The first kappa shape index (κ1) is 18.1. The summed E-state index contributed by atoms with van der Waals surface area (Å²) in [6, 6.07) is 8.08. The van der Waals surface area contributed by atoms with Gasteiger partial charge in [0, 0.05) is 23.9 Å². The van der Waals surface area contributed by atoms with Gasteiger partial charge < -0.3 is 5.11 Å². The number of aromatic nitrogens is 2. The number of rotatable bonds is 3. The van der Waals surface area contributed by atoms with Gasteiger partial charge in [-0.3, -0.25) is 9.48 Å². The van der Waals surface area contributed by atoms with Crippen LogP contribution in [0.15, 0.2) is 35.4 Å². The van der Waals surface area contributed by atoms with Crippen molar-refractivity contribution in [3.05, 3.63) is 52.8 Å². The monoisotopic (exact) mass is 366 g/mol. The molecule has 1 aromatic carbocycles. The molecule has 0 unspecified atom stereocenters. The molecule has 1 N–H and O–H groups in total. The second kappa shape index (κ2) is 6.24. The van der Waals surface area contributed by atoms with Gasteiger partial charge >= 0.3 is 6.18 Å². The summed E-state index contributed by atoms with van der Waals surface area (Å²) < 4.78 is 41.2. The fourth-order valence-electron chi connectivity index (χ4n) is 2.82. The lowest BCUT2D eigenvalue weighted by atomic mass is 10.1. The minimum Gasteiger partial charge on any atom is -0.362 e. The molecule has 3 rings (SSSR count). The molecule has 1 atom stereocenters. The second-order valence-corrected chi connectivity index (χ2v) is 6.22. The fraction of sp³-hybridized carbons (Fsp3) is 0.353. The molecule has 2 heterocycles. The Bertz CT molecular complexity index is 875. The number of carbonyl (C=O) groups excluding carboxylic acids is 1. The summed E-state index contributed by atoms with van der Waals surface area (Å²) in [5.74, 6) is -1.02. The Morgan fingerprint density at radius 2 is 2.04 bits per heavy atom. The molecule has 26 heavy (non-hydrogen) atoms. The van der Waals surface area contributed by atoms with E-state index in [2.05, 4.69) is 10.2 Å². The number of alkyl halides is 3. The van der Waals surface area contributed by atoms with E-state index in [0.29, 0.717) is 12.1 Å². The van der Waals surface area contributed by atoms with E-state index in [1.54, 1.807) is 16.8 Å². The van der Waals surface area contributed by atoms with E-state index in [1.807, 2.05) is 19.9 Å². The van der Waals surface area contributed by atoms with Crippen LogP contribution in [0.4, 0.5) is 13.2 Å². The van der Waals surface area contributed by atoms with Gasteiger partial charge in [-0.15, -0.1) is 0 Å². The Morgan fingerprint density at radius 3 is 2.65 bits per heavy atom. The van der Waals surface area contributed by atoms with Crippen molar-refractivity contribution in [3.8, 4) is 0 Å². The molecular formula is C17H17F3N4O2. The smallest absolute Gasteiger partial charge is 0.362 e. The van der Waals surface area contributed by atoms with Crippen molar-refractivity contribution in [2.24, 2.45) is 5.10 Å². The highest BCUT2D eigenvalue weighted by Gasteiger charge is 2.61. The van der Waals surface area contributed by atoms with Crippen LogP contribution in [0.2, 0.25) is 0 Å². The number of hydrazone groups is 1. The van der Waals surface area contributed by atoms with Crippen LogP contribution in [0.5, 0.6) is 0 Å². The number of hydrogen-bond donors (Lipinski definition) is 1. The number of halogens is 3. The topological polar surface area (TPSA) is 70.7 Å². The third kappa shape index (κ3) is 3.10. The molecule has 138 valence electrons. The molecule has 0 radical (unpaired) electrons.